The largest absolute Gasteiger partial charge is 0.335 e. The van der Waals surface area contributed by atoms with Gasteiger partial charge in [-0.2, -0.15) is 0 Å². The average Bonchev–Trinajstić information content (AvgIpc) is 3.00. The van der Waals surface area contributed by atoms with Crippen LogP contribution in [0.25, 0.3) is 10.2 Å². The van der Waals surface area contributed by atoms with Crippen LogP contribution in [0.15, 0.2) is 24.3 Å². The molecule has 146 valence electrons. The van der Waals surface area contributed by atoms with Gasteiger partial charge < -0.3 is 4.90 Å². The van der Waals surface area contributed by atoms with E-state index in [1.54, 1.807) is 0 Å². The molecule has 4 rings (SSSR count). The standard InChI is InChI=1S/C22H26N4OS/c1-14-7-5-6-8-18(14)13-25-9-11-26(12-10-25)22(27)20-15(2)19-16(3)23-17(4)24-21(19)28-20/h5-8H,9-13H2,1-4H3. The highest BCUT2D eigenvalue weighted by molar-refractivity contribution is 7.20. The van der Waals surface area contributed by atoms with Gasteiger partial charge in [0, 0.05) is 43.8 Å². The topological polar surface area (TPSA) is 49.3 Å². The monoisotopic (exact) mass is 394 g/mol. The van der Waals surface area contributed by atoms with Crippen LogP contribution in [0.2, 0.25) is 0 Å². The smallest absolute Gasteiger partial charge is 0.264 e. The highest BCUT2D eigenvalue weighted by atomic mass is 32.1. The third kappa shape index (κ3) is 3.54. The molecule has 1 amide bonds. The SMILES string of the molecule is Cc1nc(C)c2c(C)c(C(=O)N3CCN(Cc4ccccc4C)CC3)sc2n1. The van der Waals surface area contributed by atoms with E-state index in [2.05, 4.69) is 46.1 Å². The first-order valence-electron chi connectivity index (χ1n) is 9.74. The van der Waals surface area contributed by atoms with Gasteiger partial charge in [0.15, 0.2) is 0 Å². The fourth-order valence-electron chi connectivity index (χ4n) is 3.96. The number of aromatic nitrogens is 2. The van der Waals surface area contributed by atoms with E-state index in [-0.39, 0.29) is 5.91 Å². The van der Waals surface area contributed by atoms with Crippen LogP contribution in [0, 0.1) is 27.7 Å². The Kier molecular flexibility index (Phi) is 5.17. The van der Waals surface area contributed by atoms with E-state index in [0.29, 0.717) is 0 Å². The van der Waals surface area contributed by atoms with Gasteiger partial charge in [0.25, 0.3) is 5.91 Å². The van der Waals surface area contributed by atoms with Crippen molar-refractivity contribution in [1.82, 2.24) is 19.8 Å². The van der Waals surface area contributed by atoms with Gasteiger partial charge in [0.2, 0.25) is 0 Å². The summed E-state index contributed by atoms with van der Waals surface area (Å²) in [4.78, 5) is 28.3. The zero-order valence-corrected chi connectivity index (χ0v) is 17.8. The molecule has 1 aromatic carbocycles. The summed E-state index contributed by atoms with van der Waals surface area (Å²) in [6.07, 6.45) is 0. The van der Waals surface area contributed by atoms with Crippen LogP contribution in [-0.4, -0.2) is 51.9 Å². The number of hydrogen-bond donors (Lipinski definition) is 0. The number of carbonyl (C=O) groups is 1. The third-order valence-corrected chi connectivity index (χ3v) is 6.77. The van der Waals surface area contributed by atoms with E-state index < -0.39 is 0 Å². The fourth-order valence-corrected chi connectivity index (χ4v) is 5.20. The molecule has 0 bridgehead atoms. The summed E-state index contributed by atoms with van der Waals surface area (Å²) in [7, 11) is 0. The van der Waals surface area contributed by atoms with E-state index >= 15 is 0 Å². The lowest BCUT2D eigenvalue weighted by Crippen LogP contribution is -2.48. The Labute approximate surface area is 170 Å². The predicted molar refractivity (Wildman–Crippen MR) is 114 cm³/mol. The van der Waals surface area contributed by atoms with Gasteiger partial charge in [-0.15, -0.1) is 11.3 Å². The molecule has 0 atom stereocenters. The first kappa shape index (κ1) is 19.0. The number of benzene rings is 1. The summed E-state index contributed by atoms with van der Waals surface area (Å²) < 4.78 is 0. The number of amides is 1. The predicted octanol–water partition coefficient (Wildman–Crippen LogP) is 3.88. The number of aryl methyl sites for hydroxylation is 4. The minimum absolute atomic E-state index is 0.132. The molecule has 0 saturated carbocycles. The molecule has 0 aliphatic carbocycles. The molecule has 2 aromatic heterocycles. The van der Waals surface area contributed by atoms with Crippen molar-refractivity contribution in [3.05, 3.63) is 57.4 Å². The van der Waals surface area contributed by atoms with Crippen molar-refractivity contribution < 1.29 is 4.79 Å². The van der Waals surface area contributed by atoms with E-state index in [9.17, 15) is 4.79 Å². The molecular formula is C22H26N4OS. The molecule has 1 aliphatic rings. The van der Waals surface area contributed by atoms with Crippen LogP contribution < -0.4 is 0 Å². The van der Waals surface area contributed by atoms with Gasteiger partial charge in [0.1, 0.15) is 10.7 Å². The first-order valence-corrected chi connectivity index (χ1v) is 10.6. The summed E-state index contributed by atoms with van der Waals surface area (Å²) in [5.41, 5.74) is 4.67. The van der Waals surface area contributed by atoms with Crippen molar-refractivity contribution in [2.24, 2.45) is 0 Å². The maximum atomic E-state index is 13.2. The van der Waals surface area contributed by atoms with Crippen LogP contribution in [0.1, 0.15) is 37.9 Å². The Morgan fingerprint density at radius 3 is 2.46 bits per heavy atom. The quantitative estimate of drug-likeness (QED) is 0.676. The second kappa shape index (κ2) is 7.60. The van der Waals surface area contributed by atoms with Crippen LogP contribution in [0.5, 0.6) is 0 Å². The van der Waals surface area contributed by atoms with Gasteiger partial charge in [-0.25, -0.2) is 9.97 Å². The number of nitrogens with zero attached hydrogens (tertiary/aromatic N) is 4. The highest BCUT2D eigenvalue weighted by Gasteiger charge is 2.26. The molecule has 6 heteroatoms. The lowest BCUT2D eigenvalue weighted by Gasteiger charge is -2.35. The van der Waals surface area contributed by atoms with Gasteiger partial charge in [0.05, 0.1) is 4.88 Å². The van der Waals surface area contributed by atoms with Crippen molar-refractivity contribution in [2.45, 2.75) is 34.2 Å². The molecule has 1 saturated heterocycles. The lowest BCUT2D eigenvalue weighted by molar-refractivity contribution is 0.0632. The average molecular weight is 395 g/mol. The van der Waals surface area contributed by atoms with Crippen LogP contribution in [0.4, 0.5) is 0 Å². The van der Waals surface area contributed by atoms with Gasteiger partial charge in [-0.3, -0.25) is 9.69 Å². The van der Waals surface area contributed by atoms with Gasteiger partial charge in [-0.1, -0.05) is 24.3 Å². The van der Waals surface area contributed by atoms with Gasteiger partial charge >= 0.3 is 0 Å². The minimum Gasteiger partial charge on any atom is -0.335 e. The lowest BCUT2D eigenvalue weighted by atomic mass is 10.1. The highest BCUT2D eigenvalue weighted by Crippen LogP contribution is 2.32. The molecule has 0 spiro atoms. The normalized spacial score (nSPS) is 15.4. The molecular weight excluding hydrogens is 368 g/mol. The molecule has 28 heavy (non-hydrogen) atoms. The second-order valence-electron chi connectivity index (χ2n) is 7.59. The fraction of sp³-hybridized carbons (Fsp3) is 0.409. The van der Waals surface area contributed by atoms with E-state index in [4.69, 9.17) is 0 Å². The van der Waals surface area contributed by atoms with Crippen molar-refractivity contribution in [2.75, 3.05) is 26.2 Å². The number of thiophene rings is 1. The molecule has 0 radical (unpaired) electrons. The second-order valence-corrected chi connectivity index (χ2v) is 8.59. The van der Waals surface area contributed by atoms with Crippen molar-refractivity contribution in [1.29, 1.82) is 0 Å². The Hall–Kier alpha value is -2.31. The summed E-state index contributed by atoms with van der Waals surface area (Å²) in [5, 5.41) is 1.04. The number of carbonyl (C=O) groups excluding carboxylic acids is 1. The Bertz CT molecular complexity index is 1030. The number of piperazine rings is 1. The molecule has 1 fully saturated rings. The Balaban J connectivity index is 1.47. The Morgan fingerprint density at radius 2 is 1.75 bits per heavy atom. The molecule has 0 N–H and O–H groups in total. The maximum absolute atomic E-state index is 13.2. The van der Waals surface area contributed by atoms with E-state index in [1.165, 1.54) is 22.5 Å². The maximum Gasteiger partial charge on any atom is 0.264 e. The molecule has 0 unspecified atom stereocenters. The summed E-state index contributed by atoms with van der Waals surface area (Å²) in [6.45, 7) is 12.4. The molecule has 3 aromatic rings. The first-order chi connectivity index (χ1) is 13.4. The van der Waals surface area contributed by atoms with E-state index in [0.717, 1.165) is 64.9 Å². The van der Waals surface area contributed by atoms with Crippen LogP contribution >= 0.6 is 11.3 Å². The number of rotatable bonds is 3. The van der Waals surface area contributed by atoms with Crippen LogP contribution in [-0.2, 0) is 6.54 Å². The van der Waals surface area contributed by atoms with Gasteiger partial charge in [-0.05, 0) is 44.4 Å². The van der Waals surface area contributed by atoms with Crippen molar-refractivity contribution in [3.63, 3.8) is 0 Å². The van der Waals surface area contributed by atoms with Crippen LogP contribution in [0.3, 0.4) is 0 Å². The molecule has 5 nitrogen and oxygen atoms in total. The third-order valence-electron chi connectivity index (χ3n) is 5.59. The number of fused-ring (bicyclic) bond motifs is 1. The van der Waals surface area contributed by atoms with Crippen molar-refractivity contribution >= 4 is 27.5 Å². The zero-order valence-electron chi connectivity index (χ0n) is 17.0. The Morgan fingerprint density at radius 1 is 1.04 bits per heavy atom. The molecule has 3 heterocycles. The zero-order chi connectivity index (χ0) is 19.8. The van der Waals surface area contributed by atoms with E-state index in [1.807, 2.05) is 25.7 Å². The summed E-state index contributed by atoms with van der Waals surface area (Å²) in [5.74, 6) is 0.892. The minimum atomic E-state index is 0.132. The summed E-state index contributed by atoms with van der Waals surface area (Å²) in [6, 6.07) is 8.53. The van der Waals surface area contributed by atoms with Crippen molar-refractivity contribution in [3.8, 4) is 0 Å². The number of hydrogen-bond acceptors (Lipinski definition) is 5. The summed E-state index contributed by atoms with van der Waals surface area (Å²) >= 11 is 1.50. The molecule has 1 aliphatic heterocycles.